The molecule has 2 aliphatic rings. The number of imide groups is 2. The molecular formula is C27H36N2O9. The summed E-state index contributed by atoms with van der Waals surface area (Å²) in [4.78, 5) is 62.8. The van der Waals surface area contributed by atoms with Gasteiger partial charge in [0.15, 0.2) is 5.78 Å². The van der Waals surface area contributed by atoms with Crippen molar-refractivity contribution >= 4 is 29.4 Å². The molecule has 1 fully saturated rings. The molecule has 0 aromatic heterocycles. The fraction of sp³-hybridized carbons (Fsp3) is 0.593. The van der Waals surface area contributed by atoms with E-state index in [2.05, 4.69) is 12.2 Å². The normalized spacial score (nSPS) is 17.1. The van der Waals surface area contributed by atoms with Crippen LogP contribution in [0, 0.1) is 0 Å². The summed E-state index contributed by atoms with van der Waals surface area (Å²) in [6.45, 7) is 5.25. The number of ketones is 1. The number of piperidine rings is 1. The Morgan fingerprint density at radius 3 is 2.29 bits per heavy atom. The van der Waals surface area contributed by atoms with E-state index >= 15 is 0 Å². The predicted octanol–water partition coefficient (Wildman–Crippen LogP) is 2.06. The molecule has 208 valence electrons. The molecule has 1 N–H and O–H groups in total. The first kappa shape index (κ1) is 29.4. The van der Waals surface area contributed by atoms with Gasteiger partial charge >= 0.3 is 0 Å². The highest BCUT2D eigenvalue weighted by Gasteiger charge is 2.46. The van der Waals surface area contributed by atoms with E-state index in [1.165, 1.54) is 12.1 Å². The predicted molar refractivity (Wildman–Crippen MR) is 135 cm³/mol. The number of ether oxygens (including phenoxy) is 4. The Bertz CT molecular complexity index is 1010. The second-order valence-corrected chi connectivity index (χ2v) is 9.10. The molecule has 1 aromatic carbocycles. The van der Waals surface area contributed by atoms with Crippen molar-refractivity contribution in [1.29, 1.82) is 0 Å². The maximum atomic E-state index is 13.1. The minimum absolute atomic E-state index is 0.0261. The van der Waals surface area contributed by atoms with Crippen LogP contribution in [0.15, 0.2) is 18.2 Å². The quantitative estimate of drug-likeness (QED) is 0.222. The van der Waals surface area contributed by atoms with Crippen molar-refractivity contribution in [3.05, 3.63) is 29.3 Å². The van der Waals surface area contributed by atoms with Gasteiger partial charge in [-0.2, -0.15) is 0 Å². The number of hydrogen-bond donors (Lipinski definition) is 1. The zero-order valence-electron chi connectivity index (χ0n) is 21.8. The number of amides is 4. The smallest absolute Gasteiger partial charge is 0.266 e. The summed E-state index contributed by atoms with van der Waals surface area (Å²) < 4.78 is 22.0. The van der Waals surface area contributed by atoms with Gasteiger partial charge in [-0.25, -0.2) is 0 Å². The molecule has 4 amide bonds. The first-order chi connectivity index (χ1) is 18.4. The van der Waals surface area contributed by atoms with E-state index < -0.39 is 29.7 Å². The molecule has 0 saturated carbocycles. The Morgan fingerprint density at radius 1 is 0.921 bits per heavy atom. The Kier molecular flexibility index (Phi) is 11.8. The number of fused-ring (bicyclic) bond motifs is 1. The van der Waals surface area contributed by atoms with Crippen molar-refractivity contribution in [2.45, 2.75) is 57.9 Å². The number of nitrogens with zero attached hydrogens (tertiary/aromatic N) is 1. The molecule has 0 radical (unpaired) electrons. The maximum Gasteiger partial charge on any atom is 0.266 e. The highest BCUT2D eigenvalue weighted by atomic mass is 16.5. The van der Waals surface area contributed by atoms with E-state index in [9.17, 15) is 24.0 Å². The first-order valence-corrected chi connectivity index (χ1v) is 13.2. The number of rotatable bonds is 18. The molecule has 2 heterocycles. The van der Waals surface area contributed by atoms with Gasteiger partial charge in [-0.15, -0.1) is 0 Å². The van der Waals surface area contributed by atoms with E-state index in [0.717, 1.165) is 24.3 Å². The third-order valence-electron chi connectivity index (χ3n) is 6.20. The van der Waals surface area contributed by atoms with Gasteiger partial charge in [-0.3, -0.25) is 34.2 Å². The van der Waals surface area contributed by atoms with Crippen LogP contribution in [0.1, 0.15) is 72.6 Å². The Hall–Kier alpha value is -3.15. The monoisotopic (exact) mass is 532 g/mol. The van der Waals surface area contributed by atoms with Crippen LogP contribution in [0.3, 0.4) is 0 Å². The van der Waals surface area contributed by atoms with Crippen LogP contribution in [-0.4, -0.2) is 86.6 Å². The topological polar surface area (TPSA) is 138 Å². The van der Waals surface area contributed by atoms with Gasteiger partial charge in [0.1, 0.15) is 18.4 Å². The summed E-state index contributed by atoms with van der Waals surface area (Å²) in [5.41, 5.74) is 0.132. The van der Waals surface area contributed by atoms with Crippen molar-refractivity contribution in [2.24, 2.45) is 0 Å². The molecule has 0 bridgehead atoms. The molecule has 0 spiro atoms. The SMILES string of the molecule is CCCCOCCOCCOCCCCC(=O)COc1cccc2c1C(=O)N(C1CCC(=O)NC1=O)C2=O. The summed E-state index contributed by atoms with van der Waals surface area (Å²) >= 11 is 0. The summed E-state index contributed by atoms with van der Waals surface area (Å²) in [6.07, 6.45) is 3.89. The lowest BCUT2D eigenvalue weighted by Gasteiger charge is -2.27. The Balaban J connectivity index is 1.34. The standard InChI is InChI=1S/C27H36N2O9/c1-2-3-12-35-14-16-37-17-15-36-13-5-4-7-19(30)18-38-22-9-6-8-20-24(22)27(34)29(26(20)33)21-10-11-23(31)28-25(21)32/h6,8-9,21H,2-5,7,10-18H2,1H3,(H,28,31,32). The van der Waals surface area contributed by atoms with Gasteiger partial charge in [0.05, 0.1) is 37.6 Å². The number of benzene rings is 1. The van der Waals surface area contributed by atoms with Gasteiger partial charge in [0.2, 0.25) is 11.8 Å². The minimum atomic E-state index is -1.06. The highest BCUT2D eigenvalue weighted by molar-refractivity contribution is 6.24. The Morgan fingerprint density at radius 2 is 1.61 bits per heavy atom. The zero-order chi connectivity index (χ0) is 27.3. The first-order valence-electron chi connectivity index (χ1n) is 13.2. The van der Waals surface area contributed by atoms with Gasteiger partial charge < -0.3 is 18.9 Å². The van der Waals surface area contributed by atoms with Crippen molar-refractivity contribution in [3.63, 3.8) is 0 Å². The molecule has 11 nitrogen and oxygen atoms in total. The molecule has 1 atom stereocenters. The molecule has 2 aliphatic heterocycles. The zero-order valence-corrected chi connectivity index (χ0v) is 21.8. The van der Waals surface area contributed by atoms with E-state index in [0.29, 0.717) is 52.3 Å². The number of unbranched alkanes of at least 4 members (excludes halogenated alkanes) is 2. The number of hydrogen-bond acceptors (Lipinski definition) is 9. The molecule has 1 unspecified atom stereocenters. The number of nitrogens with one attached hydrogen (secondary N) is 1. The fourth-order valence-electron chi connectivity index (χ4n) is 4.15. The van der Waals surface area contributed by atoms with Crippen molar-refractivity contribution in [3.8, 4) is 5.75 Å². The van der Waals surface area contributed by atoms with Crippen LogP contribution < -0.4 is 10.1 Å². The lowest BCUT2D eigenvalue weighted by atomic mass is 10.0. The molecule has 1 saturated heterocycles. The van der Waals surface area contributed by atoms with Crippen LogP contribution in [0.25, 0.3) is 0 Å². The molecule has 3 rings (SSSR count). The largest absolute Gasteiger partial charge is 0.485 e. The number of Topliss-reactive ketones (excluding diaryl/α,β-unsaturated/α-hetero) is 1. The van der Waals surface area contributed by atoms with Gasteiger partial charge in [0, 0.05) is 26.1 Å². The van der Waals surface area contributed by atoms with E-state index in [1.807, 2.05) is 0 Å². The summed E-state index contributed by atoms with van der Waals surface area (Å²) in [6, 6.07) is 3.48. The summed E-state index contributed by atoms with van der Waals surface area (Å²) in [5.74, 6) is -2.45. The third-order valence-corrected chi connectivity index (χ3v) is 6.20. The number of carbonyl (C=O) groups excluding carboxylic acids is 5. The van der Waals surface area contributed by atoms with Crippen LogP contribution in [0.2, 0.25) is 0 Å². The van der Waals surface area contributed by atoms with E-state index in [1.54, 1.807) is 6.07 Å². The van der Waals surface area contributed by atoms with Gasteiger partial charge in [-0.05, 0) is 37.8 Å². The van der Waals surface area contributed by atoms with Crippen molar-refractivity contribution < 1.29 is 42.9 Å². The van der Waals surface area contributed by atoms with Gasteiger partial charge in [-0.1, -0.05) is 19.4 Å². The molecule has 11 heteroatoms. The van der Waals surface area contributed by atoms with Crippen LogP contribution >= 0.6 is 0 Å². The van der Waals surface area contributed by atoms with Crippen LogP contribution in [0.5, 0.6) is 5.75 Å². The minimum Gasteiger partial charge on any atom is -0.485 e. The second-order valence-electron chi connectivity index (χ2n) is 9.10. The Labute approximate surface area is 222 Å². The van der Waals surface area contributed by atoms with Gasteiger partial charge in [0.25, 0.3) is 11.8 Å². The summed E-state index contributed by atoms with van der Waals surface area (Å²) in [5, 5.41) is 2.16. The second kappa shape index (κ2) is 15.3. The molecular weight excluding hydrogens is 496 g/mol. The molecule has 38 heavy (non-hydrogen) atoms. The lowest BCUT2D eigenvalue weighted by Crippen LogP contribution is -2.54. The van der Waals surface area contributed by atoms with Crippen molar-refractivity contribution in [1.82, 2.24) is 10.2 Å². The highest BCUT2D eigenvalue weighted by Crippen LogP contribution is 2.33. The third kappa shape index (κ3) is 8.17. The fourth-order valence-corrected chi connectivity index (χ4v) is 4.15. The van der Waals surface area contributed by atoms with E-state index in [4.69, 9.17) is 18.9 Å². The van der Waals surface area contributed by atoms with Crippen molar-refractivity contribution in [2.75, 3.05) is 46.2 Å². The summed E-state index contributed by atoms with van der Waals surface area (Å²) in [7, 11) is 0. The maximum absolute atomic E-state index is 13.1. The van der Waals surface area contributed by atoms with E-state index in [-0.39, 0.29) is 42.1 Å². The lowest BCUT2D eigenvalue weighted by molar-refractivity contribution is -0.136. The number of carbonyl (C=O) groups is 5. The average Bonchev–Trinajstić information content (AvgIpc) is 3.15. The molecule has 0 aliphatic carbocycles. The molecule has 1 aromatic rings. The van der Waals surface area contributed by atoms with Crippen LogP contribution in [0.4, 0.5) is 0 Å². The van der Waals surface area contributed by atoms with Crippen LogP contribution in [-0.2, 0) is 28.6 Å². The average molecular weight is 533 g/mol.